The van der Waals surface area contributed by atoms with Gasteiger partial charge in [0.05, 0.1) is 5.60 Å². The van der Waals surface area contributed by atoms with Gasteiger partial charge in [-0.15, -0.1) is 0 Å². The van der Waals surface area contributed by atoms with Crippen molar-refractivity contribution in [2.45, 2.75) is 51.7 Å². The normalized spacial score (nSPS) is 24.2. The molecule has 0 radical (unpaired) electrons. The van der Waals surface area contributed by atoms with Crippen molar-refractivity contribution in [1.29, 1.82) is 0 Å². The largest absolute Gasteiger partial charge is 0.356 e. The molecule has 0 aliphatic carbocycles. The Labute approximate surface area is 85.3 Å². The van der Waals surface area contributed by atoms with Crippen molar-refractivity contribution in [3.63, 3.8) is 0 Å². The highest BCUT2D eigenvalue weighted by molar-refractivity contribution is 5.76. The van der Waals surface area contributed by atoms with Crippen LogP contribution in [0.25, 0.3) is 0 Å². The van der Waals surface area contributed by atoms with Gasteiger partial charge in [0.2, 0.25) is 5.91 Å². The third kappa shape index (κ3) is 4.58. The Hall–Kier alpha value is -0.610. The average molecular weight is 200 g/mol. The van der Waals surface area contributed by atoms with Gasteiger partial charge in [-0.25, -0.2) is 0 Å². The zero-order valence-electron chi connectivity index (χ0n) is 9.22. The fourth-order valence-corrected chi connectivity index (χ4v) is 1.33. The molecule has 0 aromatic carbocycles. The lowest BCUT2D eigenvalue weighted by Gasteiger charge is -2.23. The van der Waals surface area contributed by atoms with Gasteiger partial charge in [0.25, 0.3) is 0 Å². The van der Waals surface area contributed by atoms with E-state index in [-0.39, 0.29) is 17.6 Å². The lowest BCUT2D eigenvalue weighted by molar-refractivity contribution is -0.124. The van der Waals surface area contributed by atoms with Crippen LogP contribution in [0.5, 0.6) is 0 Å². The minimum Gasteiger partial charge on any atom is -0.356 e. The van der Waals surface area contributed by atoms with Crippen LogP contribution >= 0.6 is 0 Å². The fourth-order valence-electron chi connectivity index (χ4n) is 1.33. The molecule has 1 aliphatic heterocycles. The SMILES string of the molecule is CC(C)(C)ONC1CCCNC(=O)C1. The Bertz CT molecular complexity index is 199. The zero-order chi connectivity index (χ0) is 10.6. The molecule has 1 fully saturated rings. The van der Waals surface area contributed by atoms with E-state index in [0.29, 0.717) is 6.42 Å². The van der Waals surface area contributed by atoms with Crippen LogP contribution in [0.15, 0.2) is 0 Å². The van der Waals surface area contributed by atoms with Crippen LogP contribution < -0.4 is 10.8 Å². The third-order valence-electron chi connectivity index (χ3n) is 2.02. The van der Waals surface area contributed by atoms with Gasteiger partial charge < -0.3 is 5.32 Å². The topological polar surface area (TPSA) is 50.4 Å². The van der Waals surface area contributed by atoms with Crippen molar-refractivity contribution in [3.05, 3.63) is 0 Å². The van der Waals surface area contributed by atoms with Crippen LogP contribution in [0.4, 0.5) is 0 Å². The third-order valence-corrected chi connectivity index (χ3v) is 2.02. The summed E-state index contributed by atoms with van der Waals surface area (Å²) in [5.41, 5.74) is 2.77. The Morgan fingerprint density at radius 2 is 2.21 bits per heavy atom. The molecule has 1 aliphatic rings. The first kappa shape index (κ1) is 11.5. The van der Waals surface area contributed by atoms with E-state index in [1.165, 1.54) is 0 Å². The van der Waals surface area contributed by atoms with Crippen LogP contribution in [-0.4, -0.2) is 24.1 Å². The van der Waals surface area contributed by atoms with Gasteiger partial charge in [0, 0.05) is 19.0 Å². The smallest absolute Gasteiger partial charge is 0.221 e. The molecule has 0 spiro atoms. The Morgan fingerprint density at radius 1 is 1.50 bits per heavy atom. The Balaban J connectivity index is 2.32. The minimum atomic E-state index is -0.206. The lowest BCUT2D eigenvalue weighted by atomic mass is 10.1. The molecule has 82 valence electrons. The van der Waals surface area contributed by atoms with Crippen LogP contribution in [0.1, 0.15) is 40.0 Å². The number of amides is 1. The molecule has 1 atom stereocenters. The van der Waals surface area contributed by atoms with Gasteiger partial charge in [-0.05, 0) is 33.6 Å². The number of rotatable bonds is 2. The molecular formula is C10H20N2O2. The second-order valence-corrected chi connectivity index (χ2v) is 4.73. The molecule has 1 saturated heterocycles. The van der Waals surface area contributed by atoms with Gasteiger partial charge >= 0.3 is 0 Å². The second-order valence-electron chi connectivity index (χ2n) is 4.73. The highest BCUT2D eigenvalue weighted by atomic mass is 16.7. The van der Waals surface area contributed by atoms with E-state index >= 15 is 0 Å². The zero-order valence-corrected chi connectivity index (χ0v) is 9.22. The highest BCUT2D eigenvalue weighted by Gasteiger charge is 2.19. The van der Waals surface area contributed by atoms with Crippen LogP contribution in [0, 0.1) is 0 Å². The van der Waals surface area contributed by atoms with Gasteiger partial charge in [-0.2, -0.15) is 5.48 Å². The van der Waals surface area contributed by atoms with E-state index in [1.807, 2.05) is 20.8 Å². The summed E-state index contributed by atoms with van der Waals surface area (Å²) in [6.07, 6.45) is 2.50. The molecule has 1 rings (SSSR count). The van der Waals surface area contributed by atoms with Crippen molar-refractivity contribution in [1.82, 2.24) is 10.8 Å². The first-order valence-electron chi connectivity index (χ1n) is 5.17. The van der Waals surface area contributed by atoms with Crippen molar-refractivity contribution < 1.29 is 9.63 Å². The second kappa shape index (κ2) is 4.75. The number of carbonyl (C=O) groups is 1. The number of hydroxylamine groups is 1. The molecule has 4 heteroatoms. The molecule has 2 N–H and O–H groups in total. The van der Waals surface area contributed by atoms with E-state index in [0.717, 1.165) is 19.4 Å². The molecule has 1 amide bonds. The fraction of sp³-hybridized carbons (Fsp3) is 0.900. The number of nitrogens with one attached hydrogen (secondary N) is 2. The summed E-state index contributed by atoms with van der Waals surface area (Å²) in [7, 11) is 0. The maximum absolute atomic E-state index is 11.2. The molecule has 0 bridgehead atoms. The summed E-state index contributed by atoms with van der Waals surface area (Å²) in [6, 6.07) is 0.150. The van der Waals surface area contributed by atoms with Crippen molar-refractivity contribution in [2.24, 2.45) is 0 Å². The van der Waals surface area contributed by atoms with E-state index in [1.54, 1.807) is 0 Å². The molecule has 1 heterocycles. The van der Waals surface area contributed by atoms with Crippen LogP contribution in [0.2, 0.25) is 0 Å². The van der Waals surface area contributed by atoms with Crippen molar-refractivity contribution in [3.8, 4) is 0 Å². The summed E-state index contributed by atoms with van der Waals surface area (Å²) in [5.74, 6) is 0.109. The van der Waals surface area contributed by atoms with E-state index in [4.69, 9.17) is 4.84 Å². The van der Waals surface area contributed by atoms with E-state index < -0.39 is 0 Å². The summed E-state index contributed by atoms with van der Waals surface area (Å²) in [4.78, 5) is 16.7. The van der Waals surface area contributed by atoms with Crippen molar-refractivity contribution >= 4 is 5.91 Å². The summed E-state index contributed by atoms with van der Waals surface area (Å²) in [6.45, 7) is 6.73. The monoisotopic (exact) mass is 200 g/mol. The lowest BCUT2D eigenvalue weighted by Crippen LogP contribution is -2.38. The molecular weight excluding hydrogens is 180 g/mol. The van der Waals surface area contributed by atoms with Gasteiger partial charge in [0.15, 0.2) is 0 Å². The molecule has 0 aromatic heterocycles. The number of carbonyl (C=O) groups excluding carboxylic acids is 1. The number of hydrogen-bond donors (Lipinski definition) is 2. The quantitative estimate of drug-likeness (QED) is 0.653. The summed E-state index contributed by atoms with van der Waals surface area (Å²) >= 11 is 0. The Morgan fingerprint density at radius 3 is 2.86 bits per heavy atom. The average Bonchev–Trinajstić information content (AvgIpc) is 2.25. The molecule has 0 aromatic rings. The standard InChI is InChI=1S/C10H20N2O2/c1-10(2,3)14-12-8-5-4-6-11-9(13)7-8/h8,12H,4-7H2,1-3H3,(H,11,13). The first-order chi connectivity index (χ1) is 6.47. The molecule has 4 nitrogen and oxygen atoms in total. The molecule has 1 unspecified atom stereocenters. The first-order valence-corrected chi connectivity index (χ1v) is 5.17. The van der Waals surface area contributed by atoms with Gasteiger partial charge in [-0.3, -0.25) is 9.63 Å². The maximum atomic E-state index is 11.2. The summed E-state index contributed by atoms with van der Waals surface area (Å²) in [5, 5.41) is 2.84. The van der Waals surface area contributed by atoms with E-state index in [2.05, 4.69) is 10.8 Å². The number of hydrogen-bond acceptors (Lipinski definition) is 3. The predicted molar refractivity (Wildman–Crippen MR) is 54.6 cm³/mol. The van der Waals surface area contributed by atoms with Crippen molar-refractivity contribution in [2.75, 3.05) is 6.54 Å². The molecule has 0 saturated carbocycles. The maximum Gasteiger partial charge on any atom is 0.221 e. The molecule has 14 heavy (non-hydrogen) atoms. The van der Waals surface area contributed by atoms with Crippen LogP contribution in [0.3, 0.4) is 0 Å². The van der Waals surface area contributed by atoms with E-state index in [9.17, 15) is 4.79 Å². The Kier molecular flexibility index (Phi) is 3.89. The highest BCUT2D eigenvalue weighted by Crippen LogP contribution is 2.09. The minimum absolute atomic E-state index is 0.109. The summed E-state index contributed by atoms with van der Waals surface area (Å²) < 4.78 is 0. The van der Waals surface area contributed by atoms with Gasteiger partial charge in [-0.1, -0.05) is 0 Å². The predicted octanol–water partition coefficient (Wildman–Crippen LogP) is 0.975. The van der Waals surface area contributed by atoms with Gasteiger partial charge in [0.1, 0.15) is 0 Å². The van der Waals surface area contributed by atoms with Crippen LogP contribution in [-0.2, 0) is 9.63 Å².